The molecule has 0 saturated heterocycles. The van der Waals surface area contributed by atoms with Gasteiger partial charge in [-0.1, -0.05) is 6.08 Å². The van der Waals surface area contributed by atoms with Crippen LogP contribution in [0.1, 0.15) is 32.2 Å². The van der Waals surface area contributed by atoms with E-state index in [0.717, 1.165) is 5.69 Å². The highest BCUT2D eigenvalue weighted by molar-refractivity contribution is 5.68. The summed E-state index contributed by atoms with van der Waals surface area (Å²) in [5.74, 6) is 0. The van der Waals surface area contributed by atoms with Crippen LogP contribution in [0.4, 0.5) is 10.5 Å². The molecule has 1 aromatic heterocycles. The largest absolute Gasteiger partial charge is 0.444 e. The molecule has 0 aromatic carbocycles. The van der Waals surface area contributed by atoms with E-state index >= 15 is 0 Å². The zero-order chi connectivity index (χ0) is 14.5. The third-order valence-corrected chi connectivity index (χ3v) is 2.14. The molecule has 1 heterocycles. The van der Waals surface area contributed by atoms with Crippen molar-refractivity contribution in [1.29, 1.82) is 0 Å². The summed E-state index contributed by atoms with van der Waals surface area (Å²) in [4.78, 5) is 15.7. The van der Waals surface area contributed by atoms with Gasteiger partial charge < -0.3 is 15.8 Å². The second-order valence-corrected chi connectivity index (χ2v) is 5.21. The van der Waals surface area contributed by atoms with Crippen molar-refractivity contribution in [2.24, 2.45) is 0 Å². The third-order valence-electron chi connectivity index (χ3n) is 2.14. The Morgan fingerprint density at radius 2 is 2.16 bits per heavy atom. The number of carbonyl (C=O) groups excluding carboxylic acids is 1. The molecule has 5 nitrogen and oxygen atoms in total. The molecule has 1 rings (SSSR count). The van der Waals surface area contributed by atoms with Crippen molar-refractivity contribution in [2.45, 2.75) is 33.3 Å². The van der Waals surface area contributed by atoms with Crippen molar-refractivity contribution >= 4 is 17.9 Å². The van der Waals surface area contributed by atoms with Gasteiger partial charge in [-0.15, -0.1) is 0 Å². The SMILES string of the molecule is Cc1ccc(N)c(C=CCNC(=O)OC(C)(C)C)n1. The molecule has 0 aliphatic rings. The number of pyridine rings is 1. The average Bonchev–Trinajstić information content (AvgIpc) is 2.26. The van der Waals surface area contributed by atoms with Gasteiger partial charge in [0.1, 0.15) is 5.60 Å². The highest BCUT2D eigenvalue weighted by Gasteiger charge is 2.14. The van der Waals surface area contributed by atoms with Gasteiger partial charge in [0.05, 0.1) is 11.4 Å². The molecule has 0 atom stereocenters. The molecule has 0 aliphatic carbocycles. The lowest BCUT2D eigenvalue weighted by Gasteiger charge is -2.19. The number of amides is 1. The fraction of sp³-hybridized carbons (Fsp3) is 0.429. The van der Waals surface area contributed by atoms with Gasteiger partial charge in [0, 0.05) is 12.2 Å². The quantitative estimate of drug-likeness (QED) is 0.878. The van der Waals surface area contributed by atoms with Crippen LogP contribution in [-0.4, -0.2) is 23.2 Å². The van der Waals surface area contributed by atoms with Gasteiger partial charge in [0.2, 0.25) is 0 Å². The topological polar surface area (TPSA) is 77.2 Å². The van der Waals surface area contributed by atoms with Crippen LogP contribution in [0, 0.1) is 6.92 Å². The van der Waals surface area contributed by atoms with Crippen molar-refractivity contribution in [3.63, 3.8) is 0 Å². The number of hydrogen-bond donors (Lipinski definition) is 2. The van der Waals surface area contributed by atoms with Crippen LogP contribution in [-0.2, 0) is 4.74 Å². The first kappa shape index (κ1) is 15.0. The molecule has 104 valence electrons. The second-order valence-electron chi connectivity index (χ2n) is 5.21. The number of nitrogens with one attached hydrogen (secondary N) is 1. The van der Waals surface area contributed by atoms with E-state index in [1.54, 1.807) is 12.2 Å². The summed E-state index contributed by atoms with van der Waals surface area (Å²) in [5.41, 5.74) is 7.51. The number of aromatic nitrogens is 1. The zero-order valence-electron chi connectivity index (χ0n) is 11.9. The molecule has 0 aliphatic heterocycles. The Bertz CT molecular complexity index is 476. The predicted octanol–water partition coefficient (Wildman–Crippen LogP) is 2.51. The number of nitrogen functional groups attached to an aromatic ring is 1. The first-order chi connectivity index (χ1) is 8.78. The first-order valence-corrected chi connectivity index (χ1v) is 6.14. The number of ether oxygens (including phenoxy) is 1. The second kappa shape index (κ2) is 6.22. The van der Waals surface area contributed by atoms with Crippen LogP contribution in [0.5, 0.6) is 0 Å². The highest BCUT2D eigenvalue weighted by atomic mass is 16.6. The van der Waals surface area contributed by atoms with Crippen molar-refractivity contribution in [2.75, 3.05) is 12.3 Å². The van der Waals surface area contributed by atoms with E-state index in [2.05, 4.69) is 10.3 Å². The minimum atomic E-state index is -0.490. The number of nitrogens with zero attached hydrogens (tertiary/aromatic N) is 1. The molecule has 0 saturated carbocycles. The Kier molecular flexibility index (Phi) is 4.92. The van der Waals surface area contributed by atoms with Crippen LogP contribution >= 0.6 is 0 Å². The standard InChI is InChI=1S/C14H21N3O2/c1-10-7-8-11(15)12(17-10)6-5-9-16-13(18)19-14(2,3)4/h5-8H,9,15H2,1-4H3,(H,16,18). The third kappa shape index (κ3) is 5.90. The maximum absolute atomic E-state index is 11.4. The molecule has 0 spiro atoms. The molecular formula is C14H21N3O2. The van der Waals surface area contributed by atoms with E-state index in [1.807, 2.05) is 39.8 Å². The highest BCUT2D eigenvalue weighted by Crippen LogP contribution is 2.11. The van der Waals surface area contributed by atoms with E-state index in [4.69, 9.17) is 10.5 Å². The summed E-state index contributed by atoms with van der Waals surface area (Å²) < 4.78 is 5.11. The summed E-state index contributed by atoms with van der Waals surface area (Å²) in [7, 11) is 0. The normalized spacial score (nSPS) is 11.6. The van der Waals surface area contributed by atoms with Gasteiger partial charge in [-0.25, -0.2) is 4.79 Å². The molecular weight excluding hydrogens is 242 g/mol. The Hall–Kier alpha value is -2.04. The van der Waals surface area contributed by atoms with Crippen molar-refractivity contribution in [1.82, 2.24) is 10.3 Å². The predicted molar refractivity (Wildman–Crippen MR) is 76.7 cm³/mol. The van der Waals surface area contributed by atoms with Crippen LogP contribution < -0.4 is 11.1 Å². The smallest absolute Gasteiger partial charge is 0.407 e. The van der Waals surface area contributed by atoms with E-state index in [1.165, 1.54) is 0 Å². The minimum absolute atomic E-state index is 0.365. The van der Waals surface area contributed by atoms with Crippen LogP contribution in [0.15, 0.2) is 18.2 Å². The molecule has 1 aromatic rings. The van der Waals surface area contributed by atoms with Gasteiger partial charge in [-0.3, -0.25) is 4.98 Å². The van der Waals surface area contributed by atoms with Gasteiger partial charge >= 0.3 is 6.09 Å². The van der Waals surface area contributed by atoms with Crippen LogP contribution in [0.25, 0.3) is 6.08 Å². The number of hydrogen-bond acceptors (Lipinski definition) is 4. The number of anilines is 1. The summed E-state index contributed by atoms with van der Waals surface area (Å²) >= 11 is 0. The Labute approximate surface area is 113 Å². The number of nitrogens with two attached hydrogens (primary N) is 1. The number of alkyl carbamates (subject to hydrolysis) is 1. The Morgan fingerprint density at radius 3 is 2.79 bits per heavy atom. The molecule has 5 heteroatoms. The molecule has 0 bridgehead atoms. The lowest BCUT2D eigenvalue weighted by Crippen LogP contribution is -2.32. The van der Waals surface area contributed by atoms with Gasteiger partial charge in [0.25, 0.3) is 0 Å². The maximum atomic E-state index is 11.4. The van der Waals surface area contributed by atoms with Gasteiger partial charge in [-0.2, -0.15) is 0 Å². The van der Waals surface area contributed by atoms with Gasteiger partial charge in [-0.05, 0) is 45.9 Å². The first-order valence-electron chi connectivity index (χ1n) is 6.14. The fourth-order valence-electron chi connectivity index (χ4n) is 1.35. The molecule has 0 radical (unpaired) electrons. The van der Waals surface area contributed by atoms with E-state index in [0.29, 0.717) is 17.9 Å². The number of carbonyl (C=O) groups is 1. The van der Waals surface area contributed by atoms with Crippen molar-refractivity contribution in [3.05, 3.63) is 29.6 Å². The molecule has 19 heavy (non-hydrogen) atoms. The Morgan fingerprint density at radius 1 is 1.47 bits per heavy atom. The molecule has 1 amide bonds. The lowest BCUT2D eigenvalue weighted by atomic mass is 10.2. The maximum Gasteiger partial charge on any atom is 0.407 e. The number of aryl methyl sites for hydroxylation is 1. The average molecular weight is 263 g/mol. The molecule has 3 N–H and O–H groups in total. The summed E-state index contributed by atoms with van der Waals surface area (Å²) in [5, 5.41) is 2.63. The van der Waals surface area contributed by atoms with E-state index < -0.39 is 11.7 Å². The monoisotopic (exact) mass is 263 g/mol. The van der Waals surface area contributed by atoms with Crippen LogP contribution in [0.2, 0.25) is 0 Å². The number of rotatable bonds is 3. The van der Waals surface area contributed by atoms with Crippen molar-refractivity contribution in [3.8, 4) is 0 Å². The summed E-state index contributed by atoms with van der Waals surface area (Å²) in [6, 6.07) is 3.66. The zero-order valence-corrected chi connectivity index (χ0v) is 11.9. The minimum Gasteiger partial charge on any atom is -0.444 e. The molecule has 0 unspecified atom stereocenters. The molecule has 0 fully saturated rings. The summed E-state index contributed by atoms with van der Waals surface area (Å²) in [6.45, 7) is 7.72. The Balaban J connectivity index is 2.47. The summed E-state index contributed by atoms with van der Waals surface area (Å²) in [6.07, 6.45) is 3.12. The van der Waals surface area contributed by atoms with Crippen molar-refractivity contribution < 1.29 is 9.53 Å². The van der Waals surface area contributed by atoms with Gasteiger partial charge in [0.15, 0.2) is 0 Å². The van der Waals surface area contributed by atoms with E-state index in [-0.39, 0.29) is 0 Å². The van der Waals surface area contributed by atoms with Crippen LogP contribution in [0.3, 0.4) is 0 Å². The fourth-order valence-corrected chi connectivity index (χ4v) is 1.35. The lowest BCUT2D eigenvalue weighted by molar-refractivity contribution is 0.0534. The van der Waals surface area contributed by atoms with E-state index in [9.17, 15) is 4.79 Å².